The number of anilines is 3. The fourth-order valence-electron chi connectivity index (χ4n) is 5.09. The Labute approximate surface area is 214 Å². The van der Waals surface area contributed by atoms with E-state index < -0.39 is 0 Å². The topological polar surface area (TPSA) is 3.24 Å². The molecule has 2 heteroatoms. The van der Waals surface area contributed by atoms with Crippen molar-refractivity contribution in [2.75, 3.05) is 4.90 Å². The van der Waals surface area contributed by atoms with Gasteiger partial charge in [0.15, 0.2) is 0 Å². The van der Waals surface area contributed by atoms with Crippen LogP contribution in [-0.4, -0.2) is 0 Å². The van der Waals surface area contributed by atoms with Gasteiger partial charge >= 0.3 is 0 Å². The average Bonchev–Trinajstić information content (AvgIpc) is 3.33. The highest BCUT2D eigenvalue weighted by Crippen LogP contribution is 2.42. The second-order valence-electron chi connectivity index (χ2n) is 9.03. The van der Waals surface area contributed by atoms with E-state index in [9.17, 15) is 0 Å². The van der Waals surface area contributed by atoms with Gasteiger partial charge in [0.05, 0.1) is 0 Å². The molecule has 0 aliphatic heterocycles. The maximum absolute atomic E-state index is 2.35. The van der Waals surface area contributed by atoms with Crippen molar-refractivity contribution in [1.82, 2.24) is 0 Å². The average molecular weight is 478 g/mol. The van der Waals surface area contributed by atoms with Gasteiger partial charge in [-0.2, -0.15) is 0 Å². The third-order valence-corrected chi connectivity index (χ3v) is 8.07. The molecule has 7 rings (SSSR count). The number of rotatable bonds is 4. The summed E-state index contributed by atoms with van der Waals surface area (Å²) in [5, 5.41) is 5.25. The maximum Gasteiger partial charge on any atom is 0.0468 e. The molecular formula is C34H23NS. The van der Waals surface area contributed by atoms with Crippen LogP contribution >= 0.6 is 11.3 Å². The first-order chi connectivity index (χ1) is 17.8. The molecule has 0 saturated heterocycles. The second kappa shape index (κ2) is 8.67. The van der Waals surface area contributed by atoms with Crippen LogP contribution < -0.4 is 4.90 Å². The van der Waals surface area contributed by atoms with E-state index in [1.54, 1.807) is 0 Å². The molecule has 36 heavy (non-hydrogen) atoms. The molecule has 0 aliphatic carbocycles. The molecule has 7 aromatic rings. The first-order valence-electron chi connectivity index (χ1n) is 12.2. The molecule has 0 atom stereocenters. The molecule has 0 bridgehead atoms. The summed E-state index contributed by atoms with van der Waals surface area (Å²) in [7, 11) is 0. The van der Waals surface area contributed by atoms with Crippen LogP contribution in [0.1, 0.15) is 0 Å². The highest BCUT2D eigenvalue weighted by Gasteiger charge is 2.15. The highest BCUT2D eigenvalue weighted by molar-refractivity contribution is 7.26. The summed E-state index contributed by atoms with van der Waals surface area (Å²) in [6.45, 7) is 0. The Morgan fingerprint density at radius 2 is 1.06 bits per heavy atom. The monoisotopic (exact) mass is 477 g/mol. The quantitative estimate of drug-likeness (QED) is 0.244. The van der Waals surface area contributed by atoms with E-state index >= 15 is 0 Å². The Bertz CT molecular complexity index is 1820. The highest BCUT2D eigenvalue weighted by atomic mass is 32.1. The van der Waals surface area contributed by atoms with E-state index in [-0.39, 0.29) is 0 Å². The van der Waals surface area contributed by atoms with Gasteiger partial charge in [0, 0.05) is 37.2 Å². The smallest absolute Gasteiger partial charge is 0.0468 e. The Balaban J connectivity index is 1.39. The van der Waals surface area contributed by atoms with Crippen LogP contribution in [0.4, 0.5) is 17.1 Å². The zero-order valence-corrected chi connectivity index (χ0v) is 20.5. The number of nitrogens with zero attached hydrogens (tertiary/aromatic N) is 1. The van der Waals surface area contributed by atoms with Crippen LogP contribution in [0.5, 0.6) is 0 Å². The van der Waals surface area contributed by atoms with Gasteiger partial charge in [-0.25, -0.2) is 0 Å². The summed E-state index contributed by atoms with van der Waals surface area (Å²) < 4.78 is 2.68. The van der Waals surface area contributed by atoms with E-state index in [4.69, 9.17) is 0 Å². The summed E-state index contributed by atoms with van der Waals surface area (Å²) in [5.74, 6) is 0. The number of benzene rings is 6. The normalized spacial score (nSPS) is 11.3. The Kier molecular flexibility index (Phi) is 5.04. The molecule has 0 saturated carbocycles. The molecule has 1 aromatic heterocycles. The predicted octanol–water partition coefficient (Wildman–Crippen LogP) is 10.3. The number of para-hydroxylation sites is 1. The van der Waals surface area contributed by atoms with E-state index in [0.717, 1.165) is 17.1 Å². The molecule has 0 N–H and O–H groups in total. The van der Waals surface area contributed by atoms with E-state index in [1.165, 1.54) is 42.1 Å². The lowest BCUT2D eigenvalue weighted by Gasteiger charge is -2.25. The molecule has 0 aliphatic rings. The number of fused-ring (bicyclic) bond motifs is 5. The first-order valence-corrected chi connectivity index (χ1v) is 13.0. The molecule has 0 fully saturated rings. The Morgan fingerprint density at radius 3 is 1.86 bits per heavy atom. The number of hydrogen-bond acceptors (Lipinski definition) is 2. The van der Waals surface area contributed by atoms with Crippen molar-refractivity contribution < 1.29 is 0 Å². The van der Waals surface area contributed by atoms with Crippen molar-refractivity contribution in [3.8, 4) is 11.1 Å². The lowest BCUT2D eigenvalue weighted by molar-refractivity contribution is 1.29. The van der Waals surface area contributed by atoms with Gasteiger partial charge in [-0.05, 0) is 64.4 Å². The van der Waals surface area contributed by atoms with Gasteiger partial charge in [-0.1, -0.05) is 97.1 Å². The lowest BCUT2D eigenvalue weighted by Crippen LogP contribution is -2.09. The Hall–Kier alpha value is -4.40. The van der Waals surface area contributed by atoms with Crippen molar-refractivity contribution in [2.24, 2.45) is 0 Å². The Morgan fingerprint density at radius 1 is 0.417 bits per heavy atom. The number of thiophene rings is 1. The summed E-state index contributed by atoms with van der Waals surface area (Å²) in [4.78, 5) is 2.35. The third kappa shape index (κ3) is 3.55. The molecular weight excluding hydrogens is 454 g/mol. The lowest BCUT2D eigenvalue weighted by atomic mass is 10.0. The van der Waals surface area contributed by atoms with Crippen LogP contribution in [0.2, 0.25) is 0 Å². The zero-order valence-electron chi connectivity index (χ0n) is 19.6. The van der Waals surface area contributed by atoms with Gasteiger partial charge < -0.3 is 4.90 Å². The van der Waals surface area contributed by atoms with Crippen molar-refractivity contribution in [2.45, 2.75) is 0 Å². The van der Waals surface area contributed by atoms with Crippen LogP contribution in [-0.2, 0) is 0 Å². The summed E-state index contributed by atoms with van der Waals surface area (Å²) in [5.41, 5.74) is 5.90. The molecule has 170 valence electrons. The molecule has 0 unspecified atom stereocenters. The van der Waals surface area contributed by atoms with Crippen molar-refractivity contribution in [3.05, 3.63) is 140 Å². The maximum atomic E-state index is 2.35. The summed E-state index contributed by atoms with van der Waals surface area (Å²) in [6, 6.07) is 50.1. The standard InChI is InChI=1S/C34H23NS/c1-3-9-24(10-4-1)25-15-18-28(19-16-25)35(27-12-5-2-6-13-27)29-20-22-33-32(23-29)31-21-17-26-11-7-8-14-30(26)34(31)36-33/h1-23H. The summed E-state index contributed by atoms with van der Waals surface area (Å²) >= 11 is 1.88. The molecule has 0 spiro atoms. The fraction of sp³-hybridized carbons (Fsp3) is 0. The van der Waals surface area contributed by atoms with Crippen molar-refractivity contribution >= 4 is 59.3 Å². The minimum atomic E-state index is 1.14. The van der Waals surface area contributed by atoms with Crippen LogP contribution in [0.15, 0.2) is 140 Å². The largest absolute Gasteiger partial charge is 0.310 e. The number of hydrogen-bond donors (Lipinski definition) is 0. The fourth-order valence-corrected chi connectivity index (χ4v) is 6.31. The van der Waals surface area contributed by atoms with Crippen LogP contribution in [0.25, 0.3) is 42.1 Å². The van der Waals surface area contributed by atoms with E-state index in [1.807, 2.05) is 11.3 Å². The predicted molar refractivity (Wildman–Crippen MR) is 157 cm³/mol. The first kappa shape index (κ1) is 20.9. The molecule has 0 radical (unpaired) electrons. The minimum Gasteiger partial charge on any atom is -0.310 e. The van der Waals surface area contributed by atoms with Crippen LogP contribution in [0, 0.1) is 0 Å². The second-order valence-corrected chi connectivity index (χ2v) is 10.1. The third-order valence-electron chi connectivity index (χ3n) is 6.85. The minimum absolute atomic E-state index is 1.14. The summed E-state index contributed by atoms with van der Waals surface area (Å²) in [6.07, 6.45) is 0. The van der Waals surface area contributed by atoms with Crippen molar-refractivity contribution in [3.63, 3.8) is 0 Å². The van der Waals surface area contributed by atoms with Crippen molar-refractivity contribution in [1.29, 1.82) is 0 Å². The van der Waals surface area contributed by atoms with Gasteiger partial charge in [-0.3, -0.25) is 0 Å². The van der Waals surface area contributed by atoms with Gasteiger partial charge in [0.2, 0.25) is 0 Å². The zero-order chi connectivity index (χ0) is 23.9. The van der Waals surface area contributed by atoms with Crippen LogP contribution in [0.3, 0.4) is 0 Å². The van der Waals surface area contributed by atoms with E-state index in [2.05, 4.69) is 144 Å². The molecule has 1 nitrogen and oxygen atoms in total. The molecule has 0 amide bonds. The van der Waals surface area contributed by atoms with E-state index in [0.29, 0.717) is 0 Å². The molecule has 6 aromatic carbocycles. The SMILES string of the molecule is c1ccc(-c2ccc(N(c3ccccc3)c3ccc4sc5c6ccccc6ccc5c4c3)cc2)cc1. The van der Waals surface area contributed by atoms with Gasteiger partial charge in [-0.15, -0.1) is 11.3 Å². The van der Waals surface area contributed by atoms with Gasteiger partial charge in [0.25, 0.3) is 0 Å². The van der Waals surface area contributed by atoms with Gasteiger partial charge in [0.1, 0.15) is 0 Å². The molecule has 1 heterocycles.